The molecule has 1 aliphatic heterocycles. The van der Waals surface area contributed by atoms with E-state index in [9.17, 15) is 24.3 Å². The monoisotopic (exact) mass is 834 g/mol. The lowest BCUT2D eigenvalue weighted by molar-refractivity contribution is -0.132. The lowest BCUT2D eigenvalue weighted by Gasteiger charge is -2.39. The second-order valence-corrected chi connectivity index (χ2v) is 17.9. The quantitative estimate of drug-likeness (QED) is 0.0827. The molecule has 1 aromatic heterocycles. The summed E-state index contributed by atoms with van der Waals surface area (Å²) in [6, 6.07) is 29.6. The molecule has 0 aliphatic carbocycles. The Kier molecular flexibility index (Phi) is 15.5. The predicted octanol–water partition coefficient (Wildman–Crippen LogP) is 6.29. The highest BCUT2D eigenvalue weighted by atomic mass is 16.5. The zero-order valence-corrected chi connectivity index (χ0v) is 36.6. The minimum atomic E-state index is -1.16. The fourth-order valence-electron chi connectivity index (χ4n) is 7.96. The maximum atomic E-state index is 14.7. The maximum absolute atomic E-state index is 14.7. The number of carbonyl (C=O) groups is 4. The Bertz CT molecular complexity index is 2070. The van der Waals surface area contributed by atoms with E-state index >= 15 is 0 Å². The van der Waals surface area contributed by atoms with Crippen molar-refractivity contribution in [1.82, 2.24) is 31.2 Å². The molecule has 0 saturated carbocycles. The van der Waals surface area contributed by atoms with Crippen molar-refractivity contribution in [3.05, 3.63) is 120 Å². The zero-order chi connectivity index (χ0) is 44.3. The molecular weight excluding hydrogens is 773 g/mol. The molecule has 0 spiro atoms. The molecule has 1 saturated heterocycles. The van der Waals surface area contributed by atoms with E-state index in [1.165, 1.54) is 7.11 Å². The van der Waals surface area contributed by atoms with Crippen LogP contribution < -0.4 is 26.0 Å². The van der Waals surface area contributed by atoms with Crippen LogP contribution in [0, 0.1) is 16.7 Å². The summed E-state index contributed by atoms with van der Waals surface area (Å²) in [5, 5.41) is 24.3. The zero-order valence-electron chi connectivity index (χ0n) is 36.6. The number of aromatic nitrogens is 1. The Balaban J connectivity index is 1.45. The number of benzene rings is 3. The van der Waals surface area contributed by atoms with Crippen LogP contribution in [-0.2, 0) is 33.7 Å². The number of alkyl carbamates (subject to hydrolysis) is 1. The molecule has 6 atom stereocenters. The highest BCUT2D eigenvalue weighted by Gasteiger charge is 2.46. The number of aliphatic hydroxyl groups is 1. The van der Waals surface area contributed by atoms with E-state index in [-0.39, 0.29) is 24.8 Å². The highest BCUT2D eigenvalue weighted by Crippen LogP contribution is 2.34. The highest BCUT2D eigenvalue weighted by molar-refractivity contribution is 5.87. The Hall–Kier alpha value is -5.95. The van der Waals surface area contributed by atoms with Crippen molar-refractivity contribution in [2.24, 2.45) is 16.7 Å². The minimum absolute atomic E-state index is 0.0778. The summed E-state index contributed by atoms with van der Waals surface area (Å²) in [6.07, 6.45) is -1.21. The van der Waals surface area contributed by atoms with Gasteiger partial charge in [-0.2, -0.15) is 0 Å². The van der Waals surface area contributed by atoms with Crippen LogP contribution in [0.3, 0.4) is 0 Å². The van der Waals surface area contributed by atoms with Crippen LogP contribution in [0.5, 0.6) is 5.88 Å². The van der Waals surface area contributed by atoms with Crippen LogP contribution in [-0.4, -0.2) is 90.0 Å². The van der Waals surface area contributed by atoms with Gasteiger partial charge in [-0.3, -0.25) is 9.59 Å². The summed E-state index contributed by atoms with van der Waals surface area (Å²) in [7, 11) is 2.80. The number of pyridine rings is 1. The first kappa shape index (κ1) is 46.1. The number of methoxy groups -OCH3 is 2. The number of rotatable bonds is 17. The number of aliphatic hydroxyl groups excluding tert-OH is 1. The molecule has 61 heavy (non-hydrogen) atoms. The lowest BCUT2D eigenvalue weighted by Crippen LogP contribution is -2.58. The third-order valence-corrected chi connectivity index (χ3v) is 11.1. The summed E-state index contributed by atoms with van der Waals surface area (Å²) < 4.78 is 10.2. The Labute approximate surface area is 360 Å². The topological polar surface area (TPSA) is 171 Å². The third kappa shape index (κ3) is 12.8. The van der Waals surface area contributed by atoms with Gasteiger partial charge in [-0.15, -0.1) is 0 Å². The summed E-state index contributed by atoms with van der Waals surface area (Å²) in [6.45, 7) is 12.1. The van der Waals surface area contributed by atoms with Crippen LogP contribution in [0.2, 0.25) is 0 Å². The van der Waals surface area contributed by atoms with E-state index in [1.807, 2.05) is 139 Å². The fourth-order valence-corrected chi connectivity index (χ4v) is 7.96. The van der Waals surface area contributed by atoms with Gasteiger partial charge in [-0.1, -0.05) is 133 Å². The van der Waals surface area contributed by atoms with Crippen LogP contribution >= 0.6 is 0 Å². The Morgan fingerprint density at radius 3 is 1.98 bits per heavy atom. The molecule has 5 rings (SSSR count). The predicted molar refractivity (Wildman–Crippen MR) is 235 cm³/mol. The van der Waals surface area contributed by atoms with E-state index in [2.05, 4.69) is 26.3 Å². The molecule has 5 amide bonds. The average molecular weight is 835 g/mol. The molecule has 13 nitrogen and oxygen atoms in total. The smallest absolute Gasteiger partial charge is 0.407 e. The number of hydrogen-bond acceptors (Lipinski definition) is 8. The molecule has 6 unspecified atom stereocenters. The number of carbonyl (C=O) groups excluding carboxylic acids is 4. The molecule has 0 bridgehead atoms. The van der Waals surface area contributed by atoms with Crippen LogP contribution in [0.15, 0.2) is 103 Å². The standard InChI is InChI=1S/C48H62N6O7/c1-47(2,3)41(38-29-49-45(58)54(38)30-33-18-13-10-14-19-33)43(56)50-35(26-31-16-11-9-12-17-31)28-39(55)37(52-44(57)42(48(4,5)6)53-46(59)61-8)27-32-22-24-34(25-23-32)36-20-15-21-40(51-36)60-7/h9-25,35,37-39,41-42,55H,26-30H2,1-8H3,(H,49,58)(H,50,56)(H,52,57)(H,53,59). The van der Waals surface area contributed by atoms with Gasteiger partial charge in [-0.25, -0.2) is 14.6 Å². The molecule has 3 aromatic carbocycles. The first-order valence-electron chi connectivity index (χ1n) is 20.8. The Morgan fingerprint density at radius 2 is 1.39 bits per heavy atom. The number of hydrogen-bond donors (Lipinski definition) is 5. The third-order valence-electron chi connectivity index (χ3n) is 11.1. The number of nitrogens with one attached hydrogen (secondary N) is 4. The van der Waals surface area contributed by atoms with Gasteiger partial charge in [0.15, 0.2) is 0 Å². The summed E-state index contributed by atoms with van der Waals surface area (Å²) in [5.41, 5.74) is 3.06. The van der Waals surface area contributed by atoms with Crippen molar-refractivity contribution >= 4 is 23.9 Å². The lowest BCUT2D eigenvalue weighted by atomic mass is 9.75. The van der Waals surface area contributed by atoms with Crippen molar-refractivity contribution in [1.29, 1.82) is 0 Å². The molecule has 1 fully saturated rings. The van der Waals surface area contributed by atoms with Gasteiger partial charge < -0.3 is 40.7 Å². The van der Waals surface area contributed by atoms with Crippen molar-refractivity contribution in [3.8, 4) is 17.1 Å². The SMILES string of the molecule is COC(=O)NC(C(=O)NC(Cc1ccc(-c2cccc(OC)n2)cc1)C(O)CC(Cc1ccccc1)NC(=O)C(C1CNC(=O)N1Cc1ccccc1)C(C)(C)C)C(C)(C)C. The van der Waals surface area contributed by atoms with Crippen LogP contribution in [0.4, 0.5) is 9.59 Å². The van der Waals surface area contributed by atoms with Gasteiger partial charge >= 0.3 is 12.1 Å². The van der Waals surface area contributed by atoms with Crippen LogP contribution in [0.25, 0.3) is 11.3 Å². The number of nitrogens with zero attached hydrogens (tertiary/aromatic N) is 2. The van der Waals surface area contributed by atoms with Crippen molar-refractivity contribution in [2.45, 2.75) is 97.6 Å². The van der Waals surface area contributed by atoms with E-state index < -0.39 is 59.0 Å². The van der Waals surface area contributed by atoms with Gasteiger partial charge in [-0.05, 0) is 52.8 Å². The Morgan fingerprint density at radius 1 is 0.770 bits per heavy atom. The molecule has 2 heterocycles. The van der Waals surface area contributed by atoms with E-state index in [0.717, 1.165) is 27.9 Å². The first-order valence-corrected chi connectivity index (χ1v) is 20.8. The number of urea groups is 1. The average Bonchev–Trinajstić information content (AvgIpc) is 3.57. The molecule has 13 heteroatoms. The normalized spacial score (nSPS) is 16.6. The molecular formula is C48H62N6O7. The van der Waals surface area contributed by atoms with Gasteiger partial charge in [0, 0.05) is 30.8 Å². The van der Waals surface area contributed by atoms with Gasteiger partial charge in [0.2, 0.25) is 17.7 Å². The fraction of sp³-hybridized carbons (Fsp3) is 0.438. The van der Waals surface area contributed by atoms with E-state index in [1.54, 1.807) is 18.1 Å². The summed E-state index contributed by atoms with van der Waals surface area (Å²) >= 11 is 0. The van der Waals surface area contributed by atoms with E-state index in [4.69, 9.17) is 9.47 Å². The van der Waals surface area contributed by atoms with Gasteiger partial charge in [0.25, 0.3) is 0 Å². The van der Waals surface area contributed by atoms with Crippen molar-refractivity contribution in [2.75, 3.05) is 20.8 Å². The molecule has 4 aromatic rings. The molecule has 1 aliphatic rings. The van der Waals surface area contributed by atoms with Crippen molar-refractivity contribution < 1.29 is 33.8 Å². The van der Waals surface area contributed by atoms with Crippen molar-refractivity contribution in [3.63, 3.8) is 0 Å². The second-order valence-electron chi connectivity index (χ2n) is 17.9. The molecule has 326 valence electrons. The van der Waals surface area contributed by atoms with E-state index in [0.29, 0.717) is 25.4 Å². The van der Waals surface area contributed by atoms with Crippen LogP contribution in [0.1, 0.15) is 64.7 Å². The number of amides is 5. The molecule has 5 N–H and O–H groups in total. The minimum Gasteiger partial charge on any atom is -0.481 e. The summed E-state index contributed by atoms with van der Waals surface area (Å²) in [4.78, 5) is 60.8. The first-order chi connectivity index (χ1) is 29.0. The van der Waals surface area contributed by atoms with Gasteiger partial charge in [0.1, 0.15) is 6.04 Å². The second kappa shape index (κ2) is 20.5. The number of ether oxygens (including phenoxy) is 2. The molecule has 0 radical (unpaired) electrons. The maximum Gasteiger partial charge on any atom is 0.407 e. The summed E-state index contributed by atoms with van der Waals surface area (Å²) in [5.74, 6) is -0.856. The van der Waals surface area contributed by atoms with Gasteiger partial charge in [0.05, 0.1) is 44.0 Å². The largest absolute Gasteiger partial charge is 0.481 e.